The van der Waals surface area contributed by atoms with E-state index in [1.165, 1.54) is 0 Å². The Kier molecular flexibility index (Phi) is 5.72. The second kappa shape index (κ2) is 8.04. The molecule has 2 aromatic rings. The molecule has 1 aromatic heterocycles. The maximum atomic E-state index is 12.7. The molecule has 0 N–H and O–H groups in total. The molecule has 0 fully saturated rings. The first-order valence-corrected chi connectivity index (χ1v) is 9.56. The largest absolute Gasteiger partial charge is 0.462 e. The van der Waals surface area contributed by atoms with Crippen molar-refractivity contribution in [3.05, 3.63) is 48.0 Å². The minimum Gasteiger partial charge on any atom is -0.462 e. The molecule has 0 radical (unpaired) electrons. The van der Waals surface area contributed by atoms with Crippen LogP contribution < -0.4 is 4.90 Å². The zero-order valence-electron chi connectivity index (χ0n) is 16.8. The normalized spacial score (nSPS) is 16.0. The number of ether oxygens (including phenoxy) is 2. The van der Waals surface area contributed by atoms with E-state index in [9.17, 15) is 9.59 Å². The van der Waals surface area contributed by atoms with E-state index < -0.39 is 5.60 Å². The SMILES string of the molecule is CCOC(=O)c1ccc2c(c1)C(CCn1ccnc1)CN2C(=O)OC(C)(C)C. The molecule has 0 spiro atoms. The molecule has 1 atom stereocenters. The molecule has 0 saturated carbocycles. The highest BCUT2D eigenvalue weighted by Crippen LogP contribution is 2.40. The lowest BCUT2D eigenvalue weighted by atomic mass is 9.96. The molecule has 1 amide bonds. The molecule has 0 aliphatic carbocycles. The van der Waals surface area contributed by atoms with Gasteiger partial charge in [0, 0.05) is 31.4 Å². The van der Waals surface area contributed by atoms with Crippen LogP contribution >= 0.6 is 0 Å². The maximum absolute atomic E-state index is 12.7. The quantitative estimate of drug-likeness (QED) is 0.728. The molecule has 1 unspecified atom stereocenters. The van der Waals surface area contributed by atoms with Crippen molar-refractivity contribution in [1.29, 1.82) is 0 Å². The number of hydrogen-bond acceptors (Lipinski definition) is 5. The number of aromatic nitrogens is 2. The Morgan fingerprint density at radius 3 is 2.71 bits per heavy atom. The van der Waals surface area contributed by atoms with Crippen LogP contribution in [0.1, 0.15) is 56.0 Å². The van der Waals surface area contributed by atoms with Gasteiger partial charge < -0.3 is 14.0 Å². The summed E-state index contributed by atoms with van der Waals surface area (Å²) in [5.74, 6) is -0.256. The summed E-state index contributed by atoms with van der Waals surface area (Å²) in [6.07, 6.45) is 5.87. The Balaban J connectivity index is 1.87. The predicted molar refractivity (Wildman–Crippen MR) is 106 cm³/mol. The third-order valence-corrected chi connectivity index (χ3v) is 4.58. The molecule has 1 aromatic carbocycles. The number of hydrogen-bond donors (Lipinski definition) is 0. The van der Waals surface area contributed by atoms with E-state index in [1.54, 1.807) is 30.4 Å². The average molecular weight is 385 g/mol. The lowest BCUT2D eigenvalue weighted by Crippen LogP contribution is -2.36. The maximum Gasteiger partial charge on any atom is 0.414 e. The van der Waals surface area contributed by atoms with Crippen molar-refractivity contribution in [2.24, 2.45) is 0 Å². The van der Waals surface area contributed by atoms with Gasteiger partial charge in [-0.15, -0.1) is 0 Å². The van der Waals surface area contributed by atoms with Gasteiger partial charge in [-0.25, -0.2) is 14.6 Å². The van der Waals surface area contributed by atoms with Crippen LogP contribution in [-0.4, -0.2) is 40.4 Å². The van der Waals surface area contributed by atoms with Crippen molar-refractivity contribution in [1.82, 2.24) is 9.55 Å². The number of aryl methyl sites for hydroxylation is 1. The summed E-state index contributed by atoms with van der Waals surface area (Å²) in [7, 11) is 0. The second-order valence-corrected chi connectivity index (χ2v) is 7.87. The van der Waals surface area contributed by atoms with Gasteiger partial charge in [0.15, 0.2) is 0 Å². The molecule has 150 valence electrons. The lowest BCUT2D eigenvalue weighted by Gasteiger charge is -2.25. The molecule has 7 heteroatoms. The summed E-state index contributed by atoms with van der Waals surface area (Å²) in [6, 6.07) is 5.35. The van der Waals surface area contributed by atoms with Crippen molar-refractivity contribution >= 4 is 17.7 Å². The van der Waals surface area contributed by atoms with E-state index in [0.29, 0.717) is 18.7 Å². The van der Waals surface area contributed by atoms with Crippen LogP contribution in [0.4, 0.5) is 10.5 Å². The van der Waals surface area contributed by atoms with Crippen LogP contribution in [0.5, 0.6) is 0 Å². The molecule has 0 saturated heterocycles. The van der Waals surface area contributed by atoms with E-state index in [4.69, 9.17) is 9.47 Å². The number of benzene rings is 1. The second-order valence-electron chi connectivity index (χ2n) is 7.87. The topological polar surface area (TPSA) is 73.7 Å². The van der Waals surface area contributed by atoms with Crippen molar-refractivity contribution in [3.63, 3.8) is 0 Å². The molecule has 28 heavy (non-hydrogen) atoms. The van der Waals surface area contributed by atoms with Gasteiger partial charge in [0.2, 0.25) is 0 Å². The summed E-state index contributed by atoms with van der Waals surface area (Å²) >= 11 is 0. The van der Waals surface area contributed by atoms with Gasteiger partial charge in [-0.2, -0.15) is 0 Å². The number of carbonyl (C=O) groups is 2. The van der Waals surface area contributed by atoms with E-state index in [1.807, 2.05) is 43.7 Å². The first-order chi connectivity index (χ1) is 13.3. The van der Waals surface area contributed by atoms with Crippen molar-refractivity contribution in [3.8, 4) is 0 Å². The lowest BCUT2D eigenvalue weighted by molar-refractivity contribution is 0.0525. The Morgan fingerprint density at radius 2 is 2.07 bits per heavy atom. The minimum absolute atomic E-state index is 0.0966. The Bertz CT molecular complexity index is 840. The average Bonchev–Trinajstić information content (AvgIpc) is 3.26. The van der Waals surface area contributed by atoms with Crippen LogP contribution in [0, 0.1) is 0 Å². The third kappa shape index (κ3) is 4.52. The van der Waals surface area contributed by atoms with Crippen molar-refractivity contribution in [2.75, 3.05) is 18.1 Å². The van der Waals surface area contributed by atoms with E-state index in [2.05, 4.69) is 4.98 Å². The number of anilines is 1. The van der Waals surface area contributed by atoms with Crippen LogP contribution in [0.15, 0.2) is 36.9 Å². The number of nitrogens with zero attached hydrogens (tertiary/aromatic N) is 3. The Labute approximate surface area is 165 Å². The number of amides is 1. The summed E-state index contributed by atoms with van der Waals surface area (Å²) in [5.41, 5.74) is 1.69. The Hall–Kier alpha value is -2.83. The van der Waals surface area contributed by atoms with Crippen molar-refractivity contribution < 1.29 is 19.1 Å². The fraction of sp³-hybridized carbons (Fsp3) is 0.476. The van der Waals surface area contributed by atoms with Crippen LogP contribution in [0.2, 0.25) is 0 Å². The minimum atomic E-state index is -0.572. The van der Waals surface area contributed by atoms with Gasteiger partial charge in [-0.3, -0.25) is 4.90 Å². The molecule has 1 aliphatic heterocycles. The summed E-state index contributed by atoms with van der Waals surface area (Å²) in [6.45, 7) is 8.95. The van der Waals surface area contributed by atoms with Crippen molar-refractivity contribution in [2.45, 2.75) is 52.2 Å². The molecule has 1 aliphatic rings. The first-order valence-electron chi connectivity index (χ1n) is 9.56. The Morgan fingerprint density at radius 1 is 1.29 bits per heavy atom. The summed E-state index contributed by atoms with van der Waals surface area (Å²) < 4.78 is 12.7. The zero-order valence-corrected chi connectivity index (χ0v) is 16.8. The summed E-state index contributed by atoms with van der Waals surface area (Å²) in [5, 5.41) is 0. The number of esters is 1. The molecular formula is C21H27N3O4. The fourth-order valence-corrected chi connectivity index (χ4v) is 3.35. The number of fused-ring (bicyclic) bond motifs is 1. The van der Waals surface area contributed by atoms with Gasteiger partial charge in [-0.05, 0) is 57.9 Å². The standard InChI is InChI=1S/C21H27N3O4/c1-5-27-19(25)15-6-7-18-17(12-15)16(8-10-23-11-9-22-14-23)13-24(18)20(26)28-21(2,3)4/h6-7,9,11-12,14,16H,5,8,10,13H2,1-4H3. The number of imidazole rings is 1. The smallest absolute Gasteiger partial charge is 0.414 e. The molecular weight excluding hydrogens is 358 g/mol. The highest BCUT2D eigenvalue weighted by molar-refractivity contribution is 5.94. The van der Waals surface area contributed by atoms with Gasteiger partial charge in [-0.1, -0.05) is 0 Å². The van der Waals surface area contributed by atoms with Gasteiger partial charge in [0.05, 0.1) is 24.2 Å². The molecule has 3 rings (SSSR count). The molecule has 7 nitrogen and oxygen atoms in total. The number of carbonyl (C=O) groups excluding carboxylic acids is 2. The van der Waals surface area contributed by atoms with E-state index in [0.717, 1.165) is 24.2 Å². The van der Waals surface area contributed by atoms with Crippen LogP contribution in [0.3, 0.4) is 0 Å². The fourth-order valence-electron chi connectivity index (χ4n) is 3.35. The third-order valence-electron chi connectivity index (χ3n) is 4.58. The predicted octanol–water partition coefficient (Wildman–Crippen LogP) is 3.99. The molecule has 0 bridgehead atoms. The number of rotatable bonds is 5. The first kappa shape index (κ1) is 19.9. The van der Waals surface area contributed by atoms with E-state index >= 15 is 0 Å². The highest BCUT2D eigenvalue weighted by Gasteiger charge is 2.35. The zero-order chi connectivity index (χ0) is 20.3. The molecule has 2 heterocycles. The van der Waals surface area contributed by atoms with Gasteiger partial charge in [0.25, 0.3) is 0 Å². The van der Waals surface area contributed by atoms with E-state index in [-0.39, 0.29) is 18.0 Å². The van der Waals surface area contributed by atoms with Crippen LogP contribution in [-0.2, 0) is 16.0 Å². The van der Waals surface area contributed by atoms with Gasteiger partial charge in [0.1, 0.15) is 5.60 Å². The van der Waals surface area contributed by atoms with Gasteiger partial charge >= 0.3 is 12.1 Å². The monoisotopic (exact) mass is 385 g/mol. The summed E-state index contributed by atoms with van der Waals surface area (Å²) in [4.78, 5) is 30.6. The van der Waals surface area contributed by atoms with Crippen LogP contribution in [0.25, 0.3) is 0 Å². The highest BCUT2D eigenvalue weighted by atomic mass is 16.6.